The number of aliphatic carboxylic acids is 1. The SMILES string of the molecule is CCSCc1nc(COC)c(CCC(=O)O)s1. The summed E-state index contributed by atoms with van der Waals surface area (Å²) >= 11 is 3.42. The Morgan fingerprint density at radius 3 is 2.94 bits per heavy atom. The van der Waals surface area contributed by atoms with E-state index in [1.807, 2.05) is 11.8 Å². The van der Waals surface area contributed by atoms with Crippen molar-refractivity contribution in [3.8, 4) is 0 Å². The van der Waals surface area contributed by atoms with Gasteiger partial charge >= 0.3 is 5.97 Å². The van der Waals surface area contributed by atoms with E-state index >= 15 is 0 Å². The van der Waals surface area contributed by atoms with E-state index in [-0.39, 0.29) is 6.42 Å². The summed E-state index contributed by atoms with van der Waals surface area (Å²) in [6, 6.07) is 0. The van der Waals surface area contributed by atoms with Crippen molar-refractivity contribution in [1.82, 2.24) is 4.98 Å². The van der Waals surface area contributed by atoms with Crippen molar-refractivity contribution in [3.05, 3.63) is 15.6 Å². The monoisotopic (exact) mass is 275 g/mol. The zero-order chi connectivity index (χ0) is 12.7. The molecule has 0 atom stereocenters. The number of carboxylic acid groups (broad SMARTS) is 1. The smallest absolute Gasteiger partial charge is 0.303 e. The molecular formula is C11H17NO3S2. The molecule has 1 N–H and O–H groups in total. The molecule has 0 unspecified atom stereocenters. The average Bonchev–Trinajstić information content (AvgIpc) is 2.67. The van der Waals surface area contributed by atoms with Gasteiger partial charge in [-0.1, -0.05) is 6.92 Å². The number of aryl methyl sites for hydroxylation is 1. The van der Waals surface area contributed by atoms with Gasteiger partial charge in [-0.15, -0.1) is 11.3 Å². The molecule has 0 spiro atoms. The Morgan fingerprint density at radius 1 is 1.59 bits per heavy atom. The van der Waals surface area contributed by atoms with E-state index in [1.54, 1.807) is 18.4 Å². The molecule has 96 valence electrons. The summed E-state index contributed by atoms with van der Waals surface area (Å²) in [6.45, 7) is 2.57. The fourth-order valence-electron chi connectivity index (χ4n) is 1.35. The Bertz CT molecular complexity index is 366. The Kier molecular flexibility index (Phi) is 6.54. The molecule has 0 radical (unpaired) electrons. The molecule has 6 heteroatoms. The van der Waals surface area contributed by atoms with Crippen LogP contribution in [0.4, 0.5) is 0 Å². The van der Waals surface area contributed by atoms with Crippen molar-refractivity contribution >= 4 is 29.1 Å². The highest BCUT2D eigenvalue weighted by Gasteiger charge is 2.12. The Hall–Kier alpha value is -0.590. The van der Waals surface area contributed by atoms with Gasteiger partial charge in [0, 0.05) is 17.7 Å². The van der Waals surface area contributed by atoms with Gasteiger partial charge in [-0.25, -0.2) is 4.98 Å². The number of hydrogen-bond acceptors (Lipinski definition) is 5. The fourth-order valence-corrected chi connectivity index (χ4v) is 3.15. The van der Waals surface area contributed by atoms with Gasteiger partial charge in [0.2, 0.25) is 0 Å². The highest BCUT2D eigenvalue weighted by Crippen LogP contribution is 2.24. The molecule has 1 rings (SSSR count). The van der Waals surface area contributed by atoms with Crippen molar-refractivity contribution in [2.24, 2.45) is 0 Å². The summed E-state index contributed by atoms with van der Waals surface area (Å²) in [5.41, 5.74) is 0.894. The first-order valence-corrected chi connectivity index (χ1v) is 7.40. The standard InChI is InChI=1S/C11H17NO3S2/c1-3-16-7-10-12-8(6-15-2)9(17-10)4-5-11(13)14/h3-7H2,1-2H3,(H,13,14). The maximum atomic E-state index is 10.6. The molecule has 0 amide bonds. The van der Waals surface area contributed by atoms with Crippen LogP contribution in [0.5, 0.6) is 0 Å². The summed E-state index contributed by atoms with van der Waals surface area (Å²) in [5.74, 6) is 1.18. The summed E-state index contributed by atoms with van der Waals surface area (Å²) in [5, 5.41) is 9.75. The molecule has 1 heterocycles. The van der Waals surface area contributed by atoms with E-state index in [2.05, 4.69) is 11.9 Å². The summed E-state index contributed by atoms with van der Waals surface area (Å²) < 4.78 is 5.08. The lowest BCUT2D eigenvalue weighted by atomic mass is 10.2. The molecule has 0 aliphatic heterocycles. The van der Waals surface area contributed by atoms with Crippen molar-refractivity contribution in [3.63, 3.8) is 0 Å². The minimum absolute atomic E-state index is 0.152. The molecule has 0 aliphatic rings. The Morgan fingerprint density at radius 2 is 2.35 bits per heavy atom. The predicted octanol–water partition coefficient (Wildman–Crippen LogP) is 2.56. The van der Waals surface area contributed by atoms with Gasteiger partial charge in [0.25, 0.3) is 0 Å². The van der Waals surface area contributed by atoms with Gasteiger partial charge < -0.3 is 9.84 Å². The zero-order valence-corrected chi connectivity index (χ0v) is 11.7. The molecule has 4 nitrogen and oxygen atoms in total. The van der Waals surface area contributed by atoms with Crippen molar-refractivity contribution in [2.45, 2.75) is 32.1 Å². The minimum Gasteiger partial charge on any atom is -0.481 e. The van der Waals surface area contributed by atoms with Crippen molar-refractivity contribution in [2.75, 3.05) is 12.9 Å². The van der Waals surface area contributed by atoms with Gasteiger partial charge in [-0.2, -0.15) is 11.8 Å². The van der Waals surface area contributed by atoms with Crippen molar-refractivity contribution in [1.29, 1.82) is 0 Å². The van der Waals surface area contributed by atoms with Crippen LogP contribution in [-0.4, -0.2) is 28.9 Å². The van der Waals surface area contributed by atoms with Crippen LogP contribution in [0.25, 0.3) is 0 Å². The summed E-state index contributed by atoms with van der Waals surface area (Å²) in [7, 11) is 1.63. The normalized spacial score (nSPS) is 10.7. The maximum Gasteiger partial charge on any atom is 0.303 e. The van der Waals surface area contributed by atoms with E-state index in [9.17, 15) is 4.79 Å². The van der Waals surface area contributed by atoms with E-state index in [4.69, 9.17) is 9.84 Å². The van der Waals surface area contributed by atoms with E-state index < -0.39 is 5.97 Å². The summed E-state index contributed by atoms with van der Waals surface area (Å²) in [4.78, 5) is 16.1. The van der Waals surface area contributed by atoms with Gasteiger partial charge in [0.15, 0.2) is 0 Å². The number of hydrogen-bond donors (Lipinski definition) is 1. The first-order valence-electron chi connectivity index (χ1n) is 5.43. The maximum absolute atomic E-state index is 10.6. The van der Waals surface area contributed by atoms with Crippen LogP contribution in [0, 0.1) is 0 Å². The highest BCUT2D eigenvalue weighted by atomic mass is 32.2. The highest BCUT2D eigenvalue weighted by molar-refractivity contribution is 7.98. The number of nitrogens with zero attached hydrogens (tertiary/aromatic N) is 1. The van der Waals surface area contributed by atoms with Gasteiger partial charge in [0.1, 0.15) is 5.01 Å². The topological polar surface area (TPSA) is 59.4 Å². The number of aromatic nitrogens is 1. The van der Waals surface area contributed by atoms with Crippen molar-refractivity contribution < 1.29 is 14.6 Å². The van der Waals surface area contributed by atoms with Crippen LogP contribution < -0.4 is 0 Å². The largest absolute Gasteiger partial charge is 0.481 e. The third kappa shape index (κ3) is 5.06. The van der Waals surface area contributed by atoms with Crippen LogP contribution in [0.15, 0.2) is 0 Å². The number of carbonyl (C=O) groups is 1. The van der Waals surface area contributed by atoms with Crippen LogP contribution in [0.1, 0.15) is 28.9 Å². The molecule has 0 saturated heterocycles. The molecule has 17 heavy (non-hydrogen) atoms. The predicted molar refractivity (Wildman–Crippen MR) is 70.6 cm³/mol. The van der Waals surface area contributed by atoms with Crippen LogP contribution in [-0.2, 0) is 28.3 Å². The van der Waals surface area contributed by atoms with Crippen LogP contribution in [0.3, 0.4) is 0 Å². The third-order valence-corrected chi connectivity index (χ3v) is 4.33. The number of carboxylic acids is 1. The molecule has 1 aromatic heterocycles. The van der Waals surface area contributed by atoms with E-state index in [0.717, 1.165) is 27.1 Å². The molecule has 0 aliphatic carbocycles. The zero-order valence-electron chi connectivity index (χ0n) is 10.1. The Balaban J connectivity index is 2.69. The number of methoxy groups -OCH3 is 1. The molecule has 0 bridgehead atoms. The second kappa shape index (κ2) is 7.68. The minimum atomic E-state index is -0.772. The van der Waals surface area contributed by atoms with Gasteiger partial charge in [0.05, 0.1) is 18.7 Å². The second-order valence-corrected chi connectivity index (χ2v) is 5.88. The molecule has 1 aromatic rings. The lowest BCUT2D eigenvalue weighted by molar-refractivity contribution is -0.136. The quantitative estimate of drug-likeness (QED) is 0.790. The number of rotatable bonds is 8. The second-order valence-electron chi connectivity index (χ2n) is 3.44. The third-order valence-electron chi connectivity index (χ3n) is 2.10. The Labute approximate surface area is 109 Å². The first-order chi connectivity index (χ1) is 8.17. The number of thioether (sulfide) groups is 1. The van der Waals surface area contributed by atoms with E-state index in [0.29, 0.717) is 13.0 Å². The fraction of sp³-hybridized carbons (Fsp3) is 0.636. The molecule has 0 saturated carbocycles. The van der Waals surface area contributed by atoms with E-state index in [1.165, 1.54) is 0 Å². The molecule has 0 aromatic carbocycles. The molecular weight excluding hydrogens is 258 g/mol. The van der Waals surface area contributed by atoms with Gasteiger partial charge in [-0.3, -0.25) is 4.79 Å². The number of thiazole rings is 1. The first kappa shape index (κ1) is 14.5. The van der Waals surface area contributed by atoms with Crippen LogP contribution >= 0.6 is 23.1 Å². The lowest BCUT2D eigenvalue weighted by Gasteiger charge is -1.98. The van der Waals surface area contributed by atoms with Crippen LogP contribution in [0.2, 0.25) is 0 Å². The lowest BCUT2D eigenvalue weighted by Crippen LogP contribution is -1.99. The number of ether oxygens (including phenoxy) is 1. The van der Waals surface area contributed by atoms with Gasteiger partial charge in [-0.05, 0) is 12.2 Å². The molecule has 0 fully saturated rings. The summed E-state index contributed by atoms with van der Waals surface area (Å²) in [6.07, 6.45) is 0.696. The average molecular weight is 275 g/mol.